The standard InChI is InChI=1S/C14H18N4O/c1-10-4-5-13(19-10)11-8-16-14(17-9-11)18-6-2-3-12(18)7-15/h4-5,8-9,12H,2-3,6-7,15H2,1H3. The maximum Gasteiger partial charge on any atom is 0.225 e. The van der Waals surface area contributed by atoms with Crippen molar-refractivity contribution in [2.75, 3.05) is 18.0 Å². The molecule has 0 spiro atoms. The lowest BCUT2D eigenvalue weighted by Crippen LogP contribution is -2.36. The Bertz CT molecular complexity index is 549. The minimum Gasteiger partial charge on any atom is -0.461 e. The van der Waals surface area contributed by atoms with E-state index in [0.717, 1.165) is 42.4 Å². The summed E-state index contributed by atoms with van der Waals surface area (Å²) in [7, 11) is 0. The van der Waals surface area contributed by atoms with Gasteiger partial charge in [0.2, 0.25) is 5.95 Å². The predicted octanol–water partition coefficient (Wildman–Crippen LogP) is 1.97. The van der Waals surface area contributed by atoms with E-state index in [-0.39, 0.29) is 0 Å². The van der Waals surface area contributed by atoms with E-state index in [1.165, 1.54) is 0 Å². The van der Waals surface area contributed by atoms with Crippen molar-refractivity contribution in [3.63, 3.8) is 0 Å². The summed E-state index contributed by atoms with van der Waals surface area (Å²) in [5.41, 5.74) is 6.68. The van der Waals surface area contributed by atoms with Gasteiger partial charge in [-0.3, -0.25) is 0 Å². The normalized spacial score (nSPS) is 19.1. The molecular formula is C14H18N4O. The van der Waals surface area contributed by atoms with Gasteiger partial charge in [-0.15, -0.1) is 0 Å². The van der Waals surface area contributed by atoms with Crippen LogP contribution < -0.4 is 10.6 Å². The molecule has 1 unspecified atom stereocenters. The van der Waals surface area contributed by atoms with Crippen LogP contribution in [0.2, 0.25) is 0 Å². The molecule has 19 heavy (non-hydrogen) atoms. The van der Waals surface area contributed by atoms with Gasteiger partial charge in [0.15, 0.2) is 0 Å². The van der Waals surface area contributed by atoms with Gasteiger partial charge in [0.25, 0.3) is 0 Å². The molecule has 1 fully saturated rings. The Morgan fingerprint density at radius 3 is 2.79 bits per heavy atom. The number of nitrogens with two attached hydrogens (primary N) is 1. The monoisotopic (exact) mass is 258 g/mol. The van der Waals surface area contributed by atoms with Crippen molar-refractivity contribution in [2.24, 2.45) is 5.73 Å². The molecule has 5 heteroatoms. The molecule has 2 aromatic rings. The summed E-state index contributed by atoms with van der Waals surface area (Å²) < 4.78 is 5.56. The first-order valence-corrected chi connectivity index (χ1v) is 6.63. The Hall–Kier alpha value is -1.88. The van der Waals surface area contributed by atoms with Gasteiger partial charge < -0.3 is 15.1 Å². The van der Waals surface area contributed by atoms with Crippen LogP contribution in [0.1, 0.15) is 18.6 Å². The number of hydrogen-bond donors (Lipinski definition) is 1. The first-order chi connectivity index (χ1) is 9.28. The molecule has 2 N–H and O–H groups in total. The fourth-order valence-electron chi connectivity index (χ4n) is 2.53. The molecular weight excluding hydrogens is 240 g/mol. The average Bonchev–Trinajstić information content (AvgIpc) is 3.07. The third-order valence-electron chi connectivity index (χ3n) is 3.57. The fourth-order valence-corrected chi connectivity index (χ4v) is 2.53. The van der Waals surface area contributed by atoms with Crippen LogP contribution in [0.15, 0.2) is 28.9 Å². The molecule has 1 aliphatic heterocycles. The van der Waals surface area contributed by atoms with E-state index < -0.39 is 0 Å². The molecule has 2 aromatic heterocycles. The van der Waals surface area contributed by atoms with Crippen molar-refractivity contribution >= 4 is 5.95 Å². The lowest BCUT2D eigenvalue weighted by Gasteiger charge is -2.23. The smallest absolute Gasteiger partial charge is 0.225 e. The molecule has 0 bridgehead atoms. The highest BCUT2D eigenvalue weighted by Crippen LogP contribution is 2.24. The van der Waals surface area contributed by atoms with E-state index in [2.05, 4.69) is 14.9 Å². The zero-order valence-electron chi connectivity index (χ0n) is 11.0. The zero-order valence-corrected chi connectivity index (χ0v) is 11.0. The summed E-state index contributed by atoms with van der Waals surface area (Å²) in [5, 5.41) is 0. The number of anilines is 1. The molecule has 5 nitrogen and oxygen atoms in total. The average molecular weight is 258 g/mol. The summed E-state index contributed by atoms with van der Waals surface area (Å²) in [6, 6.07) is 4.25. The van der Waals surface area contributed by atoms with Crippen LogP contribution in [0.3, 0.4) is 0 Å². The van der Waals surface area contributed by atoms with E-state index in [9.17, 15) is 0 Å². The molecule has 0 saturated carbocycles. The first-order valence-electron chi connectivity index (χ1n) is 6.63. The molecule has 0 amide bonds. The number of nitrogens with zero attached hydrogens (tertiary/aromatic N) is 3. The van der Waals surface area contributed by atoms with Gasteiger partial charge >= 0.3 is 0 Å². The van der Waals surface area contributed by atoms with E-state index in [0.29, 0.717) is 12.6 Å². The highest BCUT2D eigenvalue weighted by Gasteiger charge is 2.25. The molecule has 3 rings (SSSR count). The van der Waals surface area contributed by atoms with Gasteiger partial charge in [-0.2, -0.15) is 0 Å². The molecule has 0 aromatic carbocycles. The maximum atomic E-state index is 5.77. The second-order valence-electron chi connectivity index (χ2n) is 4.91. The molecule has 0 aliphatic carbocycles. The van der Waals surface area contributed by atoms with Gasteiger partial charge in [-0.1, -0.05) is 0 Å². The molecule has 0 radical (unpaired) electrons. The van der Waals surface area contributed by atoms with Crippen LogP contribution in [0, 0.1) is 6.92 Å². The van der Waals surface area contributed by atoms with Crippen LogP contribution in [-0.2, 0) is 0 Å². The van der Waals surface area contributed by atoms with Crippen LogP contribution in [-0.4, -0.2) is 29.1 Å². The Morgan fingerprint density at radius 1 is 1.37 bits per heavy atom. The number of aromatic nitrogens is 2. The molecule has 1 aliphatic rings. The summed E-state index contributed by atoms with van der Waals surface area (Å²) in [5.74, 6) is 2.46. The van der Waals surface area contributed by atoms with E-state index in [1.54, 1.807) is 0 Å². The summed E-state index contributed by atoms with van der Waals surface area (Å²) >= 11 is 0. The SMILES string of the molecule is Cc1ccc(-c2cnc(N3CCCC3CN)nc2)o1. The van der Waals surface area contributed by atoms with Gasteiger partial charge in [0, 0.05) is 31.5 Å². The predicted molar refractivity (Wildman–Crippen MR) is 73.9 cm³/mol. The minimum absolute atomic E-state index is 0.372. The largest absolute Gasteiger partial charge is 0.461 e. The summed E-state index contributed by atoms with van der Waals surface area (Å²) in [6.07, 6.45) is 5.91. The number of furan rings is 1. The third kappa shape index (κ3) is 2.33. The fraction of sp³-hybridized carbons (Fsp3) is 0.429. The number of aryl methyl sites for hydroxylation is 1. The number of hydrogen-bond acceptors (Lipinski definition) is 5. The van der Waals surface area contributed by atoms with Crippen molar-refractivity contribution in [1.82, 2.24) is 9.97 Å². The first kappa shape index (κ1) is 12.2. The van der Waals surface area contributed by atoms with Gasteiger partial charge in [0.05, 0.1) is 5.56 Å². The maximum absolute atomic E-state index is 5.77. The van der Waals surface area contributed by atoms with Crippen molar-refractivity contribution in [3.05, 3.63) is 30.3 Å². The third-order valence-corrected chi connectivity index (χ3v) is 3.57. The van der Waals surface area contributed by atoms with E-state index in [1.807, 2.05) is 31.5 Å². The van der Waals surface area contributed by atoms with Crippen LogP contribution in [0.5, 0.6) is 0 Å². The zero-order chi connectivity index (χ0) is 13.2. The molecule has 3 heterocycles. The summed E-state index contributed by atoms with van der Waals surface area (Å²) in [4.78, 5) is 11.1. The van der Waals surface area contributed by atoms with Gasteiger partial charge in [0.1, 0.15) is 11.5 Å². The molecule has 1 atom stereocenters. The Morgan fingerprint density at radius 2 is 2.16 bits per heavy atom. The van der Waals surface area contributed by atoms with Crippen molar-refractivity contribution < 1.29 is 4.42 Å². The molecule has 1 saturated heterocycles. The van der Waals surface area contributed by atoms with Gasteiger partial charge in [-0.25, -0.2) is 9.97 Å². The second kappa shape index (κ2) is 5.01. The topological polar surface area (TPSA) is 68.2 Å². The number of rotatable bonds is 3. The Balaban J connectivity index is 1.82. The van der Waals surface area contributed by atoms with E-state index in [4.69, 9.17) is 10.2 Å². The highest BCUT2D eigenvalue weighted by atomic mass is 16.3. The van der Waals surface area contributed by atoms with Gasteiger partial charge in [-0.05, 0) is 31.9 Å². The van der Waals surface area contributed by atoms with Crippen molar-refractivity contribution in [2.45, 2.75) is 25.8 Å². The minimum atomic E-state index is 0.372. The highest BCUT2D eigenvalue weighted by molar-refractivity contribution is 5.56. The van der Waals surface area contributed by atoms with Crippen LogP contribution in [0.4, 0.5) is 5.95 Å². The van der Waals surface area contributed by atoms with Crippen LogP contribution >= 0.6 is 0 Å². The molecule has 100 valence electrons. The van der Waals surface area contributed by atoms with Crippen molar-refractivity contribution in [3.8, 4) is 11.3 Å². The lowest BCUT2D eigenvalue weighted by molar-refractivity contribution is 0.548. The van der Waals surface area contributed by atoms with Crippen LogP contribution in [0.25, 0.3) is 11.3 Å². The lowest BCUT2D eigenvalue weighted by atomic mass is 10.2. The second-order valence-corrected chi connectivity index (χ2v) is 4.91. The van der Waals surface area contributed by atoms with E-state index >= 15 is 0 Å². The quantitative estimate of drug-likeness (QED) is 0.911. The summed E-state index contributed by atoms with van der Waals surface area (Å²) in [6.45, 7) is 3.57. The Labute approximate surface area is 112 Å². The van der Waals surface area contributed by atoms with Crippen molar-refractivity contribution in [1.29, 1.82) is 0 Å². The Kier molecular flexibility index (Phi) is 3.21.